The maximum Gasteiger partial charge on any atom is 0.339 e. The van der Waals surface area contributed by atoms with Crippen LogP contribution in [-0.4, -0.2) is 66.1 Å². The Balaban J connectivity index is 1.04. The number of carbonyl (C=O) groups excluding carboxylic acids is 3. The normalized spacial score (nSPS) is 22.7. The van der Waals surface area contributed by atoms with Crippen LogP contribution in [0.4, 0.5) is 0 Å². The largest absolute Gasteiger partial charge is 0.484 e. The summed E-state index contributed by atoms with van der Waals surface area (Å²) in [6.45, 7) is 0.250. The zero-order valence-electron chi connectivity index (χ0n) is 20.8. The maximum atomic E-state index is 12.6. The molecule has 10 heteroatoms. The third-order valence-electron chi connectivity index (χ3n) is 7.98. The topological polar surface area (TPSA) is 138 Å². The van der Waals surface area contributed by atoms with E-state index in [1.54, 1.807) is 17.0 Å². The monoisotopic (exact) mass is 511 g/mol. The Hall–Kier alpha value is -3.40. The first-order valence-corrected chi connectivity index (χ1v) is 13.1. The summed E-state index contributed by atoms with van der Waals surface area (Å²) in [6.07, 6.45) is 6.87. The summed E-state index contributed by atoms with van der Waals surface area (Å²) >= 11 is 0. The van der Waals surface area contributed by atoms with Crippen LogP contribution >= 0.6 is 0 Å². The number of benzene rings is 1. The molecule has 5 rings (SSSR count). The highest BCUT2D eigenvalue weighted by Gasteiger charge is 2.43. The summed E-state index contributed by atoms with van der Waals surface area (Å²) in [4.78, 5) is 50.7. The summed E-state index contributed by atoms with van der Waals surface area (Å²) in [7, 11) is 0. The number of rotatable bonds is 7. The van der Waals surface area contributed by atoms with Crippen molar-refractivity contribution in [2.24, 2.45) is 5.92 Å². The van der Waals surface area contributed by atoms with E-state index in [9.17, 15) is 24.3 Å². The molecule has 0 unspecified atom stereocenters. The van der Waals surface area contributed by atoms with E-state index in [4.69, 9.17) is 9.15 Å². The molecule has 2 fully saturated rings. The van der Waals surface area contributed by atoms with Crippen molar-refractivity contribution in [3.05, 3.63) is 39.7 Å². The van der Waals surface area contributed by atoms with Gasteiger partial charge in [0, 0.05) is 36.0 Å². The number of hydrogen-bond acceptors (Lipinski definition) is 7. The first-order chi connectivity index (χ1) is 17.8. The van der Waals surface area contributed by atoms with Crippen LogP contribution in [0.3, 0.4) is 0 Å². The van der Waals surface area contributed by atoms with Crippen molar-refractivity contribution in [1.82, 2.24) is 15.5 Å². The maximum absolute atomic E-state index is 12.6. The van der Waals surface area contributed by atoms with Gasteiger partial charge in [-0.2, -0.15) is 0 Å². The molecule has 2 aromatic rings. The Kier molecular flexibility index (Phi) is 7.19. The number of fused-ring (bicyclic) bond motifs is 4. The van der Waals surface area contributed by atoms with Gasteiger partial charge in [-0.3, -0.25) is 14.4 Å². The SMILES string of the molecule is O=C(CNC(=O)COc1ccc2c3c(c(=O)oc2c1)CCC3)NCC(=O)N1CC[C@]2(O)CCCC[C@@H]2C1. The molecule has 1 aromatic heterocycles. The minimum absolute atomic E-state index is 0.0911. The lowest BCUT2D eigenvalue weighted by Crippen LogP contribution is -2.56. The van der Waals surface area contributed by atoms with Crippen LogP contribution in [0.1, 0.15) is 49.7 Å². The molecule has 3 aliphatic rings. The molecule has 2 atom stereocenters. The summed E-state index contributed by atoms with van der Waals surface area (Å²) in [5, 5.41) is 16.7. The van der Waals surface area contributed by atoms with E-state index in [0.717, 1.165) is 61.5 Å². The smallest absolute Gasteiger partial charge is 0.339 e. The zero-order valence-corrected chi connectivity index (χ0v) is 20.8. The molecule has 0 spiro atoms. The lowest BCUT2D eigenvalue weighted by atomic mass is 9.71. The summed E-state index contributed by atoms with van der Waals surface area (Å²) in [5.41, 5.74) is 1.21. The molecule has 1 aromatic carbocycles. The average molecular weight is 512 g/mol. The van der Waals surface area contributed by atoms with Crippen LogP contribution < -0.4 is 21.0 Å². The first-order valence-electron chi connectivity index (χ1n) is 13.1. The summed E-state index contributed by atoms with van der Waals surface area (Å²) < 4.78 is 10.9. The zero-order chi connectivity index (χ0) is 26.0. The number of nitrogens with one attached hydrogen (secondary N) is 2. The van der Waals surface area contributed by atoms with Crippen molar-refractivity contribution in [2.75, 3.05) is 32.8 Å². The Morgan fingerprint density at radius 1 is 1.05 bits per heavy atom. The summed E-state index contributed by atoms with van der Waals surface area (Å²) in [6, 6.07) is 5.15. The standard InChI is InChI=1S/C27H33N3O7/c31-23(29-14-25(33)30-11-10-27(35)9-2-1-4-17(27)15-30)13-28-24(32)16-36-18-7-8-20-19-5-3-6-21(19)26(34)37-22(20)12-18/h7-8,12,17,35H,1-6,9-11,13-16H2,(H,28,32)(H,29,31)/t17-,27-/m1/s1. The third-order valence-corrected chi connectivity index (χ3v) is 7.98. The Morgan fingerprint density at radius 3 is 2.73 bits per heavy atom. The summed E-state index contributed by atoms with van der Waals surface area (Å²) in [5.74, 6) is -0.693. The van der Waals surface area contributed by atoms with Crippen molar-refractivity contribution in [3.63, 3.8) is 0 Å². The Bertz CT molecular complexity index is 1270. The van der Waals surface area contributed by atoms with E-state index in [-0.39, 0.29) is 37.1 Å². The second-order valence-electron chi connectivity index (χ2n) is 10.3. The third kappa shape index (κ3) is 5.49. The van der Waals surface area contributed by atoms with Crippen LogP contribution in [-0.2, 0) is 27.2 Å². The van der Waals surface area contributed by atoms with Gasteiger partial charge in [0.2, 0.25) is 11.8 Å². The van der Waals surface area contributed by atoms with E-state index in [1.165, 1.54) is 0 Å². The molecule has 2 aliphatic carbocycles. The molecule has 1 saturated heterocycles. The van der Waals surface area contributed by atoms with Crippen LogP contribution in [0.25, 0.3) is 11.0 Å². The second-order valence-corrected chi connectivity index (χ2v) is 10.3. The van der Waals surface area contributed by atoms with Crippen molar-refractivity contribution in [2.45, 2.75) is 57.0 Å². The van der Waals surface area contributed by atoms with Gasteiger partial charge in [-0.1, -0.05) is 12.8 Å². The van der Waals surface area contributed by atoms with Gasteiger partial charge in [-0.05, 0) is 56.2 Å². The first kappa shape index (κ1) is 25.3. The van der Waals surface area contributed by atoms with E-state index < -0.39 is 17.4 Å². The number of carbonyl (C=O) groups is 3. The van der Waals surface area contributed by atoms with Crippen LogP contribution in [0.15, 0.2) is 27.4 Å². The van der Waals surface area contributed by atoms with Crippen molar-refractivity contribution < 1.29 is 28.6 Å². The fourth-order valence-electron chi connectivity index (χ4n) is 5.88. The van der Waals surface area contributed by atoms with Gasteiger partial charge in [0.15, 0.2) is 6.61 Å². The van der Waals surface area contributed by atoms with Gasteiger partial charge >= 0.3 is 5.63 Å². The minimum atomic E-state index is -0.661. The molecular weight excluding hydrogens is 478 g/mol. The van der Waals surface area contributed by atoms with Gasteiger partial charge < -0.3 is 29.8 Å². The van der Waals surface area contributed by atoms with Crippen molar-refractivity contribution in [3.8, 4) is 5.75 Å². The lowest BCUT2D eigenvalue weighted by Gasteiger charge is -2.47. The predicted molar refractivity (Wildman–Crippen MR) is 134 cm³/mol. The lowest BCUT2D eigenvalue weighted by molar-refractivity contribution is -0.143. The van der Waals surface area contributed by atoms with Gasteiger partial charge in [0.25, 0.3) is 5.91 Å². The van der Waals surface area contributed by atoms with Gasteiger partial charge in [-0.25, -0.2) is 4.79 Å². The fourth-order valence-corrected chi connectivity index (χ4v) is 5.88. The fraction of sp³-hybridized carbons (Fsp3) is 0.556. The van der Waals surface area contributed by atoms with Crippen LogP contribution in [0.5, 0.6) is 5.75 Å². The number of amides is 3. The van der Waals surface area contributed by atoms with Crippen molar-refractivity contribution in [1.29, 1.82) is 0 Å². The van der Waals surface area contributed by atoms with Crippen LogP contribution in [0, 0.1) is 5.92 Å². The molecule has 0 radical (unpaired) electrons. The van der Waals surface area contributed by atoms with Gasteiger partial charge in [-0.15, -0.1) is 0 Å². The highest BCUT2D eigenvalue weighted by Crippen LogP contribution is 2.39. The van der Waals surface area contributed by atoms with E-state index in [2.05, 4.69) is 10.6 Å². The highest BCUT2D eigenvalue weighted by molar-refractivity contribution is 5.88. The Morgan fingerprint density at radius 2 is 1.86 bits per heavy atom. The molecule has 3 N–H and O–H groups in total. The number of piperidine rings is 1. The molecule has 2 heterocycles. The molecule has 198 valence electrons. The number of hydrogen-bond donors (Lipinski definition) is 3. The quantitative estimate of drug-likeness (QED) is 0.472. The van der Waals surface area contributed by atoms with Crippen LogP contribution in [0.2, 0.25) is 0 Å². The molecular formula is C27H33N3O7. The molecule has 10 nitrogen and oxygen atoms in total. The molecule has 37 heavy (non-hydrogen) atoms. The molecule has 0 bridgehead atoms. The highest BCUT2D eigenvalue weighted by atomic mass is 16.5. The van der Waals surface area contributed by atoms with E-state index >= 15 is 0 Å². The minimum Gasteiger partial charge on any atom is -0.484 e. The van der Waals surface area contributed by atoms with Gasteiger partial charge in [0.1, 0.15) is 11.3 Å². The number of nitrogens with zero attached hydrogens (tertiary/aromatic N) is 1. The number of likely N-dealkylation sites (tertiary alicyclic amines) is 1. The van der Waals surface area contributed by atoms with Gasteiger partial charge in [0.05, 0.1) is 18.7 Å². The molecule has 1 aliphatic heterocycles. The van der Waals surface area contributed by atoms with Crippen molar-refractivity contribution >= 4 is 28.7 Å². The molecule has 3 amide bonds. The number of aliphatic hydroxyl groups is 1. The molecule has 1 saturated carbocycles. The Labute approximate surface area is 214 Å². The van der Waals surface area contributed by atoms with E-state index in [1.807, 2.05) is 6.07 Å². The predicted octanol–water partition coefficient (Wildman–Crippen LogP) is 1.05. The number of aryl methyl sites for hydroxylation is 1. The number of ether oxygens (including phenoxy) is 1. The average Bonchev–Trinajstić information content (AvgIpc) is 3.40. The van der Waals surface area contributed by atoms with E-state index in [0.29, 0.717) is 30.8 Å². The second kappa shape index (κ2) is 10.5.